The van der Waals surface area contributed by atoms with Crippen molar-refractivity contribution in [2.24, 2.45) is 0 Å². The average Bonchev–Trinajstić information content (AvgIpc) is 3.36. The van der Waals surface area contributed by atoms with Gasteiger partial charge in [0.15, 0.2) is 11.0 Å². The number of alkyl halides is 2. The van der Waals surface area contributed by atoms with Gasteiger partial charge >= 0.3 is 6.55 Å². The van der Waals surface area contributed by atoms with Crippen molar-refractivity contribution in [3.05, 3.63) is 46.2 Å². The van der Waals surface area contributed by atoms with Crippen molar-refractivity contribution in [1.82, 2.24) is 24.1 Å². The van der Waals surface area contributed by atoms with E-state index < -0.39 is 12.5 Å². The second-order valence-electron chi connectivity index (χ2n) is 5.73. The van der Waals surface area contributed by atoms with Crippen LogP contribution in [-0.4, -0.2) is 30.0 Å². The van der Waals surface area contributed by atoms with Crippen molar-refractivity contribution in [3.63, 3.8) is 0 Å². The lowest BCUT2D eigenvalue weighted by Crippen LogP contribution is -2.27. The Kier molecular flexibility index (Phi) is 4.73. The fraction of sp³-hybridized carbons (Fsp3) is 0.188. The maximum atomic E-state index is 13.1. The molecule has 4 aromatic rings. The molecular weight excluding hydrogens is 410 g/mol. The van der Waals surface area contributed by atoms with Crippen LogP contribution in [0.25, 0.3) is 20.9 Å². The molecule has 0 saturated heterocycles. The van der Waals surface area contributed by atoms with Gasteiger partial charge in [0.25, 0.3) is 5.56 Å². The first-order chi connectivity index (χ1) is 13.4. The number of thiazole rings is 1. The molecule has 0 unspecified atom stereocenters. The van der Waals surface area contributed by atoms with Crippen LogP contribution in [0.2, 0.25) is 0 Å². The van der Waals surface area contributed by atoms with Crippen LogP contribution in [0, 0.1) is 6.92 Å². The minimum Gasteiger partial charge on any atom is -0.300 e. The number of fused-ring (bicyclic) bond motifs is 1. The van der Waals surface area contributed by atoms with Crippen LogP contribution >= 0.6 is 22.7 Å². The number of hydrogen-bond donors (Lipinski definition) is 1. The van der Waals surface area contributed by atoms with E-state index in [0.717, 1.165) is 15.9 Å². The summed E-state index contributed by atoms with van der Waals surface area (Å²) in [5.41, 5.74) is 0.156. The SMILES string of the molecule is Cc1nc(NC(=O)Cn2cnc3sccc3c2=O)sc1-c1nccn1C(F)F. The fourth-order valence-electron chi connectivity index (χ4n) is 2.62. The van der Waals surface area contributed by atoms with Gasteiger partial charge in [0, 0.05) is 12.4 Å². The van der Waals surface area contributed by atoms with Gasteiger partial charge in [-0.3, -0.25) is 18.7 Å². The second kappa shape index (κ2) is 7.20. The predicted molar refractivity (Wildman–Crippen MR) is 102 cm³/mol. The number of halogens is 2. The number of aryl methyl sites for hydroxylation is 1. The quantitative estimate of drug-likeness (QED) is 0.533. The Morgan fingerprint density at radius 2 is 2.18 bits per heavy atom. The number of nitrogens with zero attached hydrogens (tertiary/aromatic N) is 5. The van der Waals surface area contributed by atoms with Gasteiger partial charge in [-0.15, -0.1) is 11.3 Å². The molecule has 0 saturated carbocycles. The van der Waals surface area contributed by atoms with Gasteiger partial charge in [-0.05, 0) is 18.4 Å². The van der Waals surface area contributed by atoms with Crippen molar-refractivity contribution >= 4 is 43.9 Å². The third kappa shape index (κ3) is 3.31. The summed E-state index contributed by atoms with van der Waals surface area (Å²) in [7, 11) is 0. The molecule has 4 heterocycles. The standard InChI is InChI=1S/C16H12F2N6O2S2/c1-8-11(12-19-3-4-24(12)15(17)18)28-16(21-8)22-10(25)6-23-7-20-13-9(14(23)26)2-5-27-13/h2-5,7,15H,6H2,1H3,(H,21,22,25). The average molecular weight is 422 g/mol. The molecule has 0 radical (unpaired) electrons. The predicted octanol–water partition coefficient (Wildman–Crippen LogP) is 3.12. The molecule has 144 valence electrons. The number of imidazole rings is 1. The van der Waals surface area contributed by atoms with Gasteiger partial charge in [0.2, 0.25) is 5.91 Å². The lowest BCUT2D eigenvalue weighted by Gasteiger charge is -2.05. The van der Waals surface area contributed by atoms with Crippen LogP contribution < -0.4 is 10.9 Å². The summed E-state index contributed by atoms with van der Waals surface area (Å²) >= 11 is 2.38. The summed E-state index contributed by atoms with van der Waals surface area (Å²) in [5.74, 6) is -0.398. The number of hydrogen-bond acceptors (Lipinski definition) is 7. The summed E-state index contributed by atoms with van der Waals surface area (Å²) in [6.45, 7) is -1.33. The number of thiophene rings is 1. The van der Waals surface area contributed by atoms with Crippen LogP contribution in [0.5, 0.6) is 0 Å². The van der Waals surface area contributed by atoms with Gasteiger partial charge in [-0.25, -0.2) is 15.0 Å². The van der Waals surface area contributed by atoms with Gasteiger partial charge in [0.1, 0.15) is 11.4 Å². The largest absolute Gasteiger partial charge is 0.320 e. The highest BCUT2D eigenvalue weighted by atomic mass is 32.1. The van der Waals surface area contributed by atoms with Gasteiger partial charge in [-0.2, -0.15) is 8.78 Å². The number of aromatic nitrogens is 5. The van der Waals surface area contributed by atoms with E-state index in [2.05, 4.69) is 20.3 Å². The molecule has 0 fully saturated rings. The number of rotatable bonds is 5. The second-order valence-corrected chi connectivity index (χ2v) is 7.63. The van der Waals surface area contributed by atoms with E-state index in [-0.39, 0.29) is 23.1 Å². The topological polar surface area (TPSA) is 94.7 Å². The number of amides is 1. The van der Waals surface area contributed by atoms with E-state index in [1.54, 1.807) is 18.4 Å². The zero-order valence-electron chi connectivity index (χ0n) is 14.3. The Labute approximate surface area is 164 Å². The molecule has 0 spiro atoms. The molecule has 4 aromatic heterocycles. The zero-order chi connectivity index (χ0) is 19.8. The lowest BCUT2D eigenvalue weighted by molar-refractivity contribution is -0.116. The number of carbonyl (C=O) groups is 1. The first-order valence-electron chi connectivity index (χ1n) is 7.95. The minimum absolute atomic E-state index is 0.0776. The smallest absolute Gasteiger partial charge is 0.300 e. The van der Waals surface area contributed by atoms with Crippen LogP contribution in [0.4, 0.5) is 13.9 Å². The highest BCUT2D eigenvalue weighted by Gasteiger charge is 2.19. The van der Waals surface area contributed by atoms with Crippen LogP contribution in [-0.2, 0) is 11.3 Å². The summed E-state index contributed by atoms with van der Waals surface area (Å²) in [4.78, 5) is 38.0. The third-order valence-corrected chi connectivity index (χ3v) is 5.78. The molecule has 12 heteroatoms. The Balaban J connectivity index is 1.54. The van der Waals surface area contributed by atoms with Crippen LogP contribution in [0.15, 0.2) is 35.0 Å². The lowest BCUT2D eigenvalue weighted by atomic mass is 10.4. The molecule has 0 aliphatic carbocycles. The van der Waals surface area contributed by atoms with Gasteiger partial charge in [0.05, 0.1) is 22.3 Å². The Hall–Kier alpha value is -2.99. The molecular formula is C16H12F2N6O2S2. The van der Waals surface area contributed by atoms with Crippen LogP contribution in [0.3, 0.4) is 0 Å². The third-order valence-electron chi connectivity index (χ3n) is 3.89. The molecule has 0 aliphatic heterocycles. The molecule has 1 N–H and O–H groups in total. The van der Waals surface area contributed by atoms with E-state index in [9.17, 15) is 18.4 Å². The van der Waals surface area contributed by atoms with E-state index >= 15 is 0 Å². The monoisotopic (exact) mass is 422 g/mol. The molecule has 0 atom stereocenters. The van der Waals surface area contributed by atoms with Gasteiger partial charge in [-0.1, -0.05) is 11.3 Å². The number of carbonyl (C=O) groups excluding carboxylic acids is 1. The Morgan fingerprint density at radius 3 is 2.96 bits per heavy atom. The molecule has 4 rings (SSSR count). The van der Waals surface area contributed by atoms with E-state index in [1.165, 1.54) is 34.6 Å². The molecule has 8 nitrogen and oxygen atoms in total. The van der Waals surface area contributed by atoms with Crippen LogP contribution in [0.1, 0.15) is 12.2 Å². The number of nitrogens with one attached hydrogen (secondary N) is 1. The molecule has 1 amide bonds. The fourth-order valence-corrected chi connectivity index (χ4v) is 4.33. The van der Waals surface area contributed by atoms with Crippen molar-refractivity contribution in [1.29, 1.82) is 0 Å². The summed E-state index contributed by atoms with van der Waals surface area (Å²) in [6.07, 6.45) is 3.77. The highest BCUT2D eigenvalue weighted by molar-refractivity contribution is 7.19. The Morgan fingerprint density at radius 1 is 1.36 bits per heavy atom. The Bertz CT molecular complexity index is 1230. The zero-order valence-corrected chi connectivity index (χ0v) is 15.9. The van der Waals surface area contributed by atoms with Crippen molar-refractivity contribution in [2.75, 3.05) is 5.32 Å². The highest BCUT2D eigenvalue weighted by Crippen LogP contribution is 2.33. The van der Waals surface area contributed by atoms with E-state index in [1.807, 2.05) is 0 Å². The first kappa shape index (κ1) is 18.4. The van der Waals surface area contributed by atoms with Crippen molar-refractivity contribution in [3.8, 4) is 10.7 Å². The maximum Gasteiger partial charge on any atom is 0.320 e. The molecule has 0 aromatic carbocycles. The normalized spacial score (nSPS) is 11.4. The first-order valence-corrected chi connectivity index (χ1v) is 9.65. The van der Waals surface area contributed by atoms with E-state index in [0.29, 0.717) is 20.8 Å². The summed E-state index contributed by atoms with van der Waals surface area (Å²) < 4.78 is 28.1. The van der Waals surface area contributed by atoms with Crippen molar-refractivity contribution in [2.45, 2.75) is 20.0 Å². The summed E-state index contributed by atoms with van der Waals surface area (Å²) in [5, 5.41) is 5.03. The molecule has 0 bridgehead atoms. The van der Waals surface area contributed by atoms with E-state index in [4.69, 9.17) is 0 Å². The summed E-state index contributed by atoms with van der Waals surface area (Å²) in [6, 6.07) is 1.66. The maximum absolute atomic E-state index is 13.1. The van der Waals surface area contributed by atoms with Crippen molar-refractivity contribution < 1.29 is 13.6 Å². The molecule has 28 heavy (non-hydrogen) atoms. The molecule has 0 aliphatic rings. The van der Waals surface area contributed by atoms with Gasteiger partial charge < -0.3 is 5.32 Å². The number of anilines is 1. The minimum atomic E-state index is -2.73.